The second kappa shape index (κ2) is 6.26. The molecule has 108 valence electrons. The molecule has 0 saturated heterocycles. The average Bonchev–Trinajstić information content (AvgIpc) is 2.91. The molecule has 0 aliphatic carbocycles. The smallest absolute Gasteiger partial charge is 0.163 e. The van der Waals surface area contributed by atoms with Gasteiger partial charge in [-0.1, -0.05) is 39.0 Å². The first-order valence-corrected chi connectivity index (χ1v) is 10.1. The van der Waals surface area contributed by atoms with E-state index in [0.717, 1.165) is 5.82 Å². The van der Waals surface area contributed by atoms with Crippen LogP contribution in [0.5, 0.6) is 0 Å². The topological polar surface area (TPSA) is 21.1 Å². The van der Waals surface area contributed by atoms with E-state index in [-0.39, 0.29) is 0 Å². The fourth-order valence-corrected chi connectivity index (χ4v) is 6.71. The maximum atomic E-state index is 4.63. The average molecular weight is 287 g/mol. The minimum atomic E-state index is -1.56. The molecule has 2 rings (SSSR count). The van der Waals surface area contributed by atoms with Crippen LogP contribution < -0.4 is 4.57 Å². The Morgan fingerprint density at radius 3 is 2.10 bits per heavy atom. The Labute approximate surface area is 123 Å². The molecule has 0 spiro atoms. The zero-order valence-electron chi connectivity index (χ0n) is 13.0. The van der Waals surface area contributed by atoms with E-state index in [0.29, 0.717) is 0 Å². The summed E-state index contributed by atoms with van der Waals surface area (Å²) in [5, 5.41) is 0. The number of aromatic nitrogens is 2. The van der Waals surface area contributed by atoms with E-state index in [9.17, 15) is 0 Å². The van der Waals surface area contributed by atoms with Gasteiger partial charge in [0.05, 0.1) is 6.33 Å². The highest BCUT2D eigenvalue weighted by molar-refractivity contribution is 6.84. The summed E-state index contributed by atoms with van der Waals surface area (Å²) in [5.74, 6) is 1.09. The lowest BCUT2D eigenvalue weighted by atomic mass is 10.3. The molecule has 3 nitrogen and oxygen atoms in total. The van der Waals surface area contributed by atoms with Gasteiger partial charge in [-0.2, -0.15) is 0 Å². The van der Waals surface area contributed by atoms with Gasteiger partial charge in [-0.05, 0) is 30.3 Å². The number of imidazole rings is 1. The zero-order valence-corrected chi connectivity index (χ0v) is 14.0. The molecule has 0 aliphatic heterocycles. The molecule has 1 heterocycles. The highest BCUT2D eigenvalue weighted by Crippen LogP contribution is 2.36. The summed E-state index contributed by atoms with van der Waals surface area (Å²) in [7, 11) is 0.477. The number of para-hydroxylation sites is 1. The third-order valence-electron chi connectivity index (χ3n) is 4.38. The maximum absolute atomic E-state index is 4.63. The first-order valence-electron chi connectivity index (χ1n) is 7.50. The molecule has 0 fully saturated rings. The van der Waals surface area contributed by atoms with Crippen LogP contribution in [-0.4, -0.2) is 17.8 Å². The maximum Gasteiger partial charge on any atom is 0.163 e. The van der Waals surface area contributed by atoms with Gasteiger partial charge >= 0.3 is 0 Å². The highest BCUT2D eigenvalue weighted by Gasteiger charge is 2.37. The lowest BCUT2D eigenvalue weighted by Crippen LogP contribution is -2.50. The number of rotatable bonds is 6. The molecular weight excluding hydrogens is 262 g/mol. The van der Waals surface area contributed by atoms with Gasteiger partial charge in [0.2, 0.25) is 0 Å². The molecular formula is C16H25N3Si. The van der Waals surface area contributed by atoms with Gasteiger partial charge in [-0.3, -0.25) is 0 Å². The van der Waals surface area contributed by atoms with Gasteiger partial charge in [0.25, 0.3) is 0 Å². The Morgan fingerprint density at radius 1 is 1.05 bits per heavy atom. The Balaban J connectivity index is 2.55. The van der Waals surface area contributed by atoms with Crippen molar-refractivity contribution in [3.63, 3.8) is 0 Å². The van der Waals surface area contributed by atoms with E-state index >= 15 is 0 Å². The highest BCUT2D eigenvalue weighted by atomic mass is 28.3. The number of hydrogen-bond donors (Lipinski definition) is 0. The molecule has 1 aromatic heterocycles. The number of hydrogen-bond acceptors (Lipinski definition) is 2. The fourth-order valence-electron chi connectivity index (χ4n) is 2.97. The molecule has 0 bridgehead atoms. The second-order valence-corrected chi connectivity index (χ2v) is 10.4. The Morgan fingerprint density at radius 2 is 1.65 bits per heavy atom. The lowest BCUT2D eigenvalue weighted by Gasteiger charge is -2.41. The third kappa shape index (κ3) is 2.65. The van der Waals surface area contributed by atoms with Crippen LogP contribution in [0.15, 0.2) is 42.9 Å². The van der Waals surface area contributed by atoms with Gasteiger partial charge in [0, 0.05) is 18.9 Å². The van der Waals surface area contributed by atoms with Crippen LogP contribution in [0.25, 0.3) is 0 Å². The molecule has 0 atom stereocenters. The van der Waals surface area contributed by atoms with Crippen LogP contribution in [0, 0.1) is 0 Å². The first kappa shape index (κ1) is 14.8. The van der Waals surface area contributed by atoms with E-state index < -0.39 is 8.24 Å². The Hall–Kier alpha value is -1.55. The predicted octanol–water partition coefficient (Wildman–Crippen LogP) is 4.56. The van der Waals surface area contributed by atoms with Gasteiger partial charge in [-0.25, -0.2) is 4.98 Å². The Bertz CT molecular complexity index is 523. The van der Waals surface area contributed by atoms with Crippen LogP contribution in [0.1, 0.15) is 20.8 Å². The quantitative estimate of drug-likeness (QED) is 0.726. The number of benzene rings is 1. The van der Waals surface area contributed by atoms with Gasteiger partial charge in [0.1, 0.15) is 5.82 Å². The molecule has 0 aliphatic rings. The van der Waals surface area contributed by atoms with E-state index in [2.05, 4.69) is 66.8 Å². The lowest BCUT2D eigenvalue weighted by molar-refractivity contribution is 0.913. The van der Waals surface area contributed by atoms with E-state index in [4.69, 9.17) is 0 Å². The van der Waals surface area contributed by atoms with Gasteiger partial charge < -0.3 is 9.13 Å². The predicted molar refractivity (Wildman–Crippen MR) is 89.0 cm³/mol. The Kier molecular flexibility index (Phi) is 4.65. The van der Waals surface area contributed by atoms with Crippen molar-refractivity contribution in [1.29, 1.82) is 0 Å². The summed E-state index contributed by atoms with van der Waals surface area (Å²) in [6.45, 7) is 6.99. The molecule has 0 radical (unpaired) electrons. The molecule has 20 heavy (non-hydrogen) atoms. The summed E-state index contributed by atoms with van der Waals surface area (Å²) in [6, 6.07) is 14.4. The van der Waals surface area contributed by atoms with Crippen LogP contribution in [-0.2, 0) is 7.05 Å². The molecule has 0 amide bonds. The van der Waals surface area contributed by atoms with Crippen molar-refractivity contribution in [3.05, 3.63) is 42.9 Å². The summed E-state index contributed by atoms with van der Waals surface area (Å²) < 4.78 is 4.58. The van der Waals surface area contributed by atoms with Gasteiger partial charge in [0.15, 0.2) is 8.24 Å². The van der Waals surface area contributed by atoms with E-state index in [1.165, 1.54) is 23.8 Å². The molecule has 2 aromatic rings. The monoisotopic (exact) mass is 287 g/mol. The minimum Gasteiger partial charge on any atom is -0.353 e. The fraction of sp³-hybridized carbons (Fsp3) is 0.438. The zero-order chi connectivity index (χ0) is 14.6. The summed E-state index contributed by atoms with van der Waals surface area (Å²) >= 11 is 0. The van der Waals surface area contributed by atoms with Crippen LogP contribution in [0.2, 0.25) is 18.1 Å². The van der Waals surface area contributed by atoms with E-state index in [1.54, 1.807) is 0 Å². The molecule has 4 heteroatoms. The molecule has 0 saturated carbocycles. The van der Waals surface area contributed by atoms with Crippen LogP contribution >= 0.6 is 0 Å². The number of nitrogens with zero attached hydrogens (tertiary/aromatic N) is 3. The first-order chi connectivity index (χ1) is 9.66. The molecule has 0 N–H and O–H groups in total. The van der Waals surface area contributed by atoms with Crippen molar-refractivity contribution < 1.29 is 0 Å². The van der Waals surface area contributed by atoms with Crippen molar-refractivity contribution >= 4 is 19.7 Å². The van der Waals surface area contributed by atoms with Gasteiger partial charge in [-0.15, -0.1) is 0 Å². The SMILES string of the molecule is CC[Si](CC)(CC)N(c1ccccc1)c1cn(C)cn1. The summed E-state index contributed by atoms with van der Waals surface area (Å²) in [4.78, 5) is 4.63. The van der Waals surface area contributed by atoms with Crippen molar-refractivity contribution in [3.8, 4) is 0 Å². The largest absolute Gasteiger partial charge is 0.353 e. The normalized spacial score (nSPS) is 11.6. The molecule has 0 unspecified atom stereocenters. The van der Waals surface area contributed by atoms with Crippen molar-refractivity contribution in [2.24, 2.45) is 7.05 Å². The van der Waals surface area contributed by atoms with Crippen molar-refractivity contribution in [1.82, 2.24) is 9.55 Å². The standard InChI is InChI=1S/C16H25N3Si/c1-5-20(6-2,7-3)19(15-11-9-8-10-12-15)16-13-18(4)14-17-16/h8-14H,5-7H2,1-4H3. The summed E-state index contributed by atoms with van der Waals surface area (Å²) in [6.07, 6.45) is 4.03. The number of aryl methyl sites for hydroxylation is 1. The second-order valence-electron chi connectivity index (χ2n) is 5.35. The van der Waals surface area contributed by atoms with Crippen LogP contribution in [0.4, 0.5) is 11.5 Å². The van der Waals surface area contributed by atoms with Crippen molar-refractivity contribution in [2.45, 2.75) is 38.9 Å². The number of anilines is 2. The van der Waals surface area contributed by atoms with Crippen molar-refractivity contribution in [2.75, 3.05) is 4.57 Å². The molecule has 1 aromatic carbocycles. The third-order valence-corrected chi connectivity index (χ3v) is 9.77. The van der Waals surface area contributed by atoms with Crippen LogP contribution in [0.3, 0.4) is 0 Å². The summed E-state index contributed by atoms with van der Waals surface area (Å²) in [5.41, 5.74) is 1.28. The minimum absolute atomic E-state index is 1.09. The van der Waals surface area contributed by atoms with E-state index in [1.807, 2.05) is 17.9 Å².